The first-order valence-electron chi connectivity index (χ1n) is 6.07. The molecule has 2 nitrogen and oxygen atoms in total. The summed E-state index contributed by atoms with van der Waals surface area (Å²) >= 11 is 3.08. The van der Waals surface area contributed by atoms with Crippen LogP contribution >= 0.6 is 15.9 Å². The van der Waals surface area contributed by atoms with Crippen molar-refractivity contribution in [1.29, 1.82) is 0 Å². The molecule has 100 valence electrons. The summed E-state index contributed by atoms with van der Waals surface area (Å²) in [5.41, 5.74) is 5.84. The van der Waals surface area contributed by atoms with Crippen LogP contribution in [0.25, 0.3) is 0 Å². The van der Waals surface area contributed by atoms with E-state index >= 15 is 0 Å². The minimum absolute atomic E-state index is 0.103. The number of likely N-dealkylation sites (N-methyl/N-ethyl adjacent to an activating group) is 1. The zero-order valence-corrected chi connectivity index (χ0v) is 11.9. The predicted octanol–water partition coefficient (Wildman–Crippen LogP) is 2.90. The molecule has 0 spiro atoms. The topological polar surface area (TPSA) is 29.3 Å². The normalized spacial score (nSPS) is 17.2. The SMILES string of the molecule is CN(Cc1c(F)ccc(Br)c1F)C(CN)C1CC1. The molecule has 0 amide bonds. The van der Waals surface area contributed by atoms with Gasteiger partial charge in [-0.2, -0.15) is 0 Å². The Morgan fingerprint density at radius 2 is 2.11 bits per heavy atom. The van der Waals surface area contributed by atoms with Crippen LogP contribution in [0.4, 0.5) is 8.78 Å². The van der Waals surface area contributed by atoms with E-state index in [1.165, 1.54) is 12.1 Å². The van der Waals surface area contributed by atoms with Gasteiger partial charge in [-0.1, -0.05) is 0 Å². The maximum Gasteiger partial charge on any atom is 0.144 e. The Labute approximate surface area is 114 Å². The molecule has 2 N–H and O–H groups in total. The average molecular weight is 319 g/mol. The molecule has 1 fully saturated rings. The lowest BCUT2D eigenvalue weighted by Crippen LogP contribution is -2.39. The third kappa shape index (κ3) is 2.90. The Hall–Kier alpha value is -0.520. The lowest BCUT2D eigenvalue weighted by molar-refractivity contribution is 0.210. The summed E-state index contributed by atoms with van der Waals surface area (Å²) in [5.74, 6) is -0.444. The van der Waals surface area contributed by atoms with Gasteiger partial charge in [0.2, 0.25) is 0 Å². The smallest absolute Gasteiger partial charge is 0.144 e. The van der Waals surface area contributed by atoms with Gasteiger partial charge in [0.1, 0.15) is 11.6 Å². The highest BCUT2D eigenvalue weighted by Gasteiger charge is 2.33. The van der Waals surface area contributed by atoms with Gasteiger partial charge in [0.05, 0.1) is 4.47 Å². The average Bonchev–Trinajstić information content (AvgIpc) is 3.15. The van der Waals surface area contributed by atoms with E-state index in [4.69, 9.17) is 5.73 Å². The molecule has 0 saturated heterocycles. The molecule has 1 aromatic carbocycles. The molecule has 0 heterocycles. The Morgan fingerprint density at radius 3 is 2.67 bits per heavy atom. The maximum absolute atomic E-state index is 13.9. The van der Waals surface area contributed by atoms with Crippen LogP contribution in [0.15, 0.2) is 16.6 Å². The third-order valence-corrected chi connectivity index (χ3v) is 4.13. The first kappa shape index (κ1) is 13.9. The largest absolute Gasteiger partial charge is 0.329 e. The second kappa shape index (κ2) is 5.63. The van der Waals surface area contributed by atoms with Crippen LogP contribution in [0.2, 0.25) is 0 Å². The molecule has 18 heavy (non-hydrogen) atoms. The number of hydrogen-bond acceptors (Lipinski definition) is 2. The molecule has 0 aliphatic heterocycles. The molecule has 1 atom stereocenters. The first-order chi connectivity index (χ1) is 8.54. The fraction of sp³-hybridized carbons (Fsp3) is 0.538. The van der Waals surface area contributed by atoms with Gasteiger partial charge in [-0.05, 0) is 53.9 Å². The van der Waals surface area contributed by atoms with Crippen molar-refractivity contribution < 1.29 is 8.78 Å². The first-order valence-corrected chi connectivity index (χ1v) is 6.86. The fourth-order valence-electron chi connectivity index (χ4n) is 2.29. The van der Waals surface area contributed by atoms with Gasteiger partial charge in [0, 0.05) is 24.7 Å². The summed E-state index contributed by atoms with van der Waals surface area (Å²) in [7, 11) is 1.87. The van der Waals surface area contributed by atoms with Crippen LogP contribution in [0.1, 0.15) is 18.4 Å². The summed E-state index contributed by atoms with van der Waals surface area (Å²) in [6.45, 7) is 0.772. The highest BCUT2D eigenvalue weighted by Crippen LogP contribution is 2.35. The molecule has 1 saturated carbocycles. The molecular formula is C13H17BrF2N2. The van der Waals surface area contributed by atoms with Gasteiger partial charge < -0.3 is 5.73 Å². The van der Waals surface area contributed by atoms with Gasteiger partial charge in [0.15, 0.2) is 0 Å². The van der Waals surface area contributed by atoms with Crippen molar-refractivity contribution >= 4 is 15.9 Å². The van der Waals surface area contributed by atoms with Crippen LogP contribution < -0.4 is 5.73 Å². The quantitative estimate of drug-likeness (QED) is 0.846. The second-order valence-corrected chi connectivity index (χ2v) is 5.73. The predicted molar refractivity (Wildman–Crippen MR) is 71.1 cm³/mol. The Kier molecular flexibility index (Phi) is 4.35. The Morgan fingerprint density at radius 1 is 1.44 bits per heavy atom. The molecule has 0 bridgehead atoms. The van der Waals surface area contributed by atoms with Crippen molar-refractivity contribution in [1.82, 2.24) is 4.90 Å². The van der Waals surface area contributed by atoms with Crippen LogP contribution in [0.3, 0.4) is 0 Å². The van der Waals surface area contributed by atoms with Gasteiger partial charge >= 0.3 is 0 Å². The fourth-order valence-corrected chi connectivity index (χ4v) is 2.67. The molecule has 5 heteroatoms. The molecule has 1 unspecified atom stereocenters. The summed E-state index contributed by atoms with van der Waals surface area (Å²) in [6, 6.07) is 2.88. The number of hydrogen-bond donors (Lipinski definition) is 1. The van der Waals surface area contributed by atoms with Crippen molar-refractivity contribution in [3.8, 4) is 0 Å². The summed E-state index contributed by atoms with van der Waals surface area (Å²) in [4.78, 5) is 1.95. The standard InChI is InChI=1S/C13H17BrF2N2/c1-18(12(6-17)8-2-3-8)7-9-11(15)5-4-10(14)13(9)16/h4-5,8,12H,2-3,6-7,17H2,1H3. The Bertz CT molecular complexity index is 435. The monoisotopic (exact) mass is 318 g/mol. The van der Waals surface area contributed by atoms with Crippen molar-refractivity contribution in [3.63, 3.8) is 0 Å². The van der Waals surface area contributed by atoms with Crippen molar-refractivity contribution in [3.05, 3.63) is 33.8 Å². The lowest BCUT2D eigenvalue weighted by Gasteiger charge is -2.27. The second-order valence-electron chi connectivity index (χ2n) is 4.88. The highest BCUT2D eigenvalue weighted by atomic mass is 79.9. The van der Waals surface area contributed by atoms with Crippen LogP contribution in [-0.2, 0) is 6.54 Å². The van der Waals surface area contributed by atoms with Crippen LogP contribution in [0.5, 0.6) is 0 Å². The van der Waals surface area contributed by atoms with Gasteiger partial charge in [-0.15, -0.1) is 0 Å². The van der Waals surface area contributed by atoms with Crippen molar-refractivity contribution in [2.45, 2.75) is 25.4 Å². The molecule has 1 aliphatic carbocycles. The number of nitrogens with two attached hydrogens (primary N) is 1. The molecule has 1 aliphatic rings. The van der Waals surface area contributed by atoms with E-state index in [2.05, 4.69) is 15.9 Å². The maximum atomic E-state index is 13.9. The number of rotatable bonds is 5. The van der Waals surface area contributed by atoms with Gasteiger partial charge in [0.25, 0.3) is 0 Å². The van der Waals surface area contributed by atoms with E-state index in [0.717, 1.165) is 12.8 Å². The molecular weight excluding hydrogens is 302 g/mol. The van der Waals surface area contributed by atoms with Gasteiger partial charge in [-0.25, -0.2) is 8.78 Å². The molecule has 0 aromatic heterocycles. The zero-order chi connectivity index (χ0) is 13.3. The molecule has 2 rings (SSSR count). The highest BCUT2D eigenvalue weighted by molar-refractivity contribution is 9.10. The minimum Gasteiger partial charge on any atom is -0.329 e. The summed E-state index contributed by atoms with van der Waals surface area (Å²) in [5, 5.41) is 0. The van der Waals surface area contributed by atoms with E-state index < -0.39 is 11.6 Å². The Balaban J connectivity index is 2.15. The van der Waals surface area contributed by atoms with E-state index in [9.17, 15) is 8.78 Å². The minimum atomic E-state index is -0.520. The third-order valence-electron chi connectivity index (χ3n) is 3.52. The van der Waals surface area contributed by atoms with Crippen LogP contribution in [-0.4, -0.2) is 24.5 Å². The van der Waals surface area contributed by atoms with Crippen molar-refractivity contribution in [2.75, 3.05) is 13.6 Å². The number of halogens is 3. The number of nitrogens with zero attached hydrogens (tertiary/aromatic N) is 1. The van der Waals surface area contributed by atoms with E-state index in [-0.39, 0.29) is 18.2 Å². The van der Waals surface area contributed by atoms with Gasteiger partial charge in [-0.3, -0.25) is 4.90 Å². The van der Waals surface area contributed by atoms with Crippen molar-refractivity contribution in [2.24, 2.45) is 11.7 Å². The lowest BCUT2D eigenvalue weighted by atomic mass is 10.1. The van der Waals surface area contributed by atoms with E-state index in [1.807, 2.05) is 11.9 Å². The number of benzene rings is 1. The summed E-state index contributed by atoms with van der Waals surface area (Å²) in [6.07, 6.45) is 2.32. The molecule has 0 radical (unpaired) electrons. The zero-order valence-electron chi connectivity index (χ0n) is 10.3. The van der Waals surface area contributed by atoms with E-state index in [0.29, 0.717) is 16.9 Å². The van der Waals surface area contributed by atoms with Crippen LogP contribution in [0, 0.1) is 17.6 Å². The van der Waals surface area contributed by atoms with E-state index in [1.54, 1.807) is 0 Å². The molecule has 1 aromatic rings. The summed E-state index contributed by atoms with van der Waals surface area (Å²) < 4.78 is 27.8.